The molecule has 1 aromatic carbocycles. The Morgan fingerprint density at radius 2 is 1.85 bits per heavy atom. The maximum Gasteiger partial charge on any atom is 0.290 e. The third kappa shape index (κ3) is 4.41. The van der Waals surface area contributed by atoms with E-state index in [-0.39, 0.29) is 5.24 Å². The summed E-state index contributed by atoms with van der Waals surface area (Å²) in [7, 11) is 0. The molecule has 3 aromatic rings. The molecule has 2 amide bonds. The van der Waals surface area contributed by atoms with Gasteiger partial charge in [0.1, 0.15) is 6.33 Å². The zero-order valence-corrected chi connectivity index (χ0v) is 20.2. The van der Waals surface area contributed by atoms with Crippen LogP contribution in [0.3, 0.4) is 0 Å². The minimum absolute atomic E-state index is 0.327. The lowest BCUT2D eigenvalue weighted by Crippen LogP contribution is -2.49. The predicted molar refractivity (Wildman–Crippen MR) is 136 cm³/mol. The fourth-order valence-electron chi connectivity index (χ4n) is 4.48. The largest absolute Gasteiger partial charge is 0.369 e. The van der Waals surface area contributed by atoms with Gasteiger partial charge in [-0.1, -0.05) is 6.07 Å². The fourth-order valence-corrected chi connectivity index (χ4v) is 5.14. The summed E-state index contributed by atoms with van der Waals surface area (Å²) in [6.45, 7) is 10.8. The molecule has 34 heavy (non-hydrogen) atoms. The number of carbonyl (C=O) groups excluding carboxylic acids is 2. The van der Waals surface area contributed by atoms with Crippen LogP contribution in [0.2, 0.25) is 0 Å². The third-order valence-electron chi connectivity index (χ3n) is 6.32. The molecule has 8 nitrogen and oxygen atoms in total. The van der Waals surface area contributed by atoms with Crippen LogP contribution < -0.4 is 10.2 Å². The minimum Gasteiger partial charge on any atom is -0.369 e. The van der Waals surface area contributed by atoms with Gasteiger partial charge in [-0.2, -0.15) is 0 Å². The Morgan fingerprint density at radius 1 is 1.06 bits per heavy atom. The number of aromatic nitrogens is 3. The van der Waals surface area contributed by atoms with Crippen molar-refractivity contribution >= 4 is 45.6 Å². The highest BCUT2D eigenvalue weighted by Crippen LogP contribution is 2.31. The number of benzene rings is 1. The summed E-state index contributed by atoms with van der Waals surface area (Å²) >= 11 is 0.876. The highest BCUT2D eigenvalue weighted by Gasteiger charge is 2.25. The number of rotatable bonds is 4. The zero-order valence-electron chi connectivity index (χ0n) is 19.4. The quantitative estimate of drug-likeness (QED) is 0.570. The van der Waals surface area contributed by atoms with E-state index in [0.717, 1.165) is 60.1 Å². The van der Waals surface area contributed by atoms with E-state index in [1.165, 1.54) is 11.3 Å². The van der Waals surface area contributed by atoms with Crippen molar-refractivity contribution in [1.29, 1.82) is 0 Å². The average Bonchev–Trinajstić information content (AvgIpc) is 3.15. The first kappa shape index (κ1) is 22.5. The van der Waals surface area contributed by atoms with Crippen molar-refractivity contribution in [3.8, 4) is 11.3 Å². The van der Waals surface area contributed by atoms with Crippen molar-refractivity contribution in [2.75, 3.05) is 31.1 Å². The number of anilines is 1. The number of nitrogens with one attached hydrogen (secondary N) is 1. The number of imide groups is 1. The van der Waals surface area contributed by atoms with Gasteiger partial charge in [-0.25, -0.2) is 9.97 Å². The average molecular weight is 475 g/mol. The molecule has 0 bridgehead atoms. The zero-order chi connectivity index (χ0) is 23.8. The van der Waals surface area contributed by atoms with Gasteiger partial charge in [-0.05, 0) is 62.4 Å². The summed E-state index contributed by atoms with van der Waals surface area (Å²) in [6, 6.07) is 8.90. The molecule has 2 fully saturated rings. The van der Waals surface area contributed by atoms with Gasteiger partial charge < -0.3 is 4.90 Å². The number of aryl methyl sites for hydroxylation is 1. The summed E-state index contributed by atoms with van der Waals surface area (Å²) in [4.78, 5) is 42.0. The Labute approximate surface area is 202 Å². The summed E-state index contributed by atoms with van der Waals surface area (Å²) in [5.74, 6) is -0.401. The highest BCUT2D eigenvalue weighted by atomic mass is 32.2. The van der Waals surface area contributed by atoms with Crippen molar-refractivity contribution in [2.24, 2.45) is 0 Å². The van der Waals surface area contributed by atoms with Gasteiger partial charge in [0.15, 0.2) is 0 Å². The lowest BCUT2D eigenvalue weighted by Gasteiger charge is -2.38. The molecular formula is C25H26N6O2S. The Morgan fingerprint density at radius 3 is 2.53 bits per heavy atom. The second-order valence-corrected chi connectivity index (χ2v) is 9.83. The van der Waals surface area contributed by atoms with E-state index in [1.54, 1.807) is 18.6 Å². The molecule has 2 aliphatic heterocycles. The molecule has 0 aliphatic carbocycles. The van der Waals surface area contributed by atoms with E-state index < -0.39 is 5.91 Å². The molecule has 0 unspecified atom stereocenters. The predicted octanol–water partition coefficient (Wildman–Crippen LogP) is 3.85. The second kappa shape index (κ2) is 9.15. The number of nitrogens with zero attached hydrogens (tertiary/aromatic N) is 5. The van der Waals surface area contributed by atoms with Gasteiger partial charge in [0.2, 0.25) is 0 Å². The molecule has 4 heterocycles. The maximum absolute atomic E-state index is 11.9. The molecule has 5 rings (SSSR count). The first-order chi connectivity index (χ1) is 16.4. The smallest absolute Gasteiger partial charge is 0.290 e. The Kier molecular flexibility index (Phi) is 6.05. The van der Waals surface area contributed by atoms with Crippen LogP contribution in [0.4, 0.5) is 10.5 Å². The SMILES string of the molecule is Cc1cc(-c2ncnc3cnc(C=C4SC(=O)NC4=O)cc23)ccc1N1CCN(C(C)C)CC1. The van der Waals surface area contributed by atoms with Crippen molar-refractivity contribution in [3.05, 3.63) is 53.0 Å². The van der Waals surface area contributed by atoms with Crippen molar-refractivity contribution in [2.45, 2.75) is 26.8 Å². The normalized spacial score (nSPS) is 18.4. The van der Waals surface area contributed by atoms with Crippen molar-refractivity contribution in [3.63, 3.8) is 0 Å². The van der Waals surface area contributed by atoms with Crippen LogP contribution in [0, 0.1) is 6.92 Å². The molecule has 0 atom stereocenters. The van der Waals surface area contributed by atoms with Gasteiger partial charge in [-0.15, -0.1) is 0 Å². The number of carbonyl (C=O) groups is 2. The molecule has 9 heteroatoms. The summed E-state index contributed by atoms with van der Waals surface area (Å²) in [5, 5.41) is 2.74. The molecule has 1 N–H and O–H groups in total. The van der Waals surface area contributed by atoms with Crippen LogP contribution in [-0.2, 0) is 4.79 Å². The van der Waals surface area contributed by atoms with Crippen LogP contribution in [0.15, 0.2) is 41.7 Å². The van der Waals surface area contributed by atoms with E-state index in [9.17, 15) is 9.59 Å². The van der Waals surface area contributed by atoms with E-state index in [4.69, 9.17) is 0 Å². The maximum atomic E-state index is 11.9. The van der Waals surface area contributed by atoms with E-state index in [2.05, 4.69) is 69.0 Å². The van der Waals surface area contributed by atoms with E-state index in [0.29, 0.717) is 16.6 Å². The van der Waals surface area contributed by atoms with E-state index >= 15 is 0 Å². The first-order valence-corrected chi connectivity index (χ1v) is 12.2. The summed E-state index contributed by atoms with van der Waals surface area (Å²) in [5.41, 5.74) is 5.57. The molecule has 0 saturated carbocycles. The Hall–Kier alpha value is -3.30. The molecule has 0 radical (unpaired) electrons. The van der Waals surface area contributed by atoms with Gasteiger partial charge in [-0.3, -0.25) is 24.8 Å². The number of hydrogen-bond donors (Lipinski definition) is 1. The molecule has 0 spiro atoms. The van der Waals surface area contributed by atoms with Crippen LogP contribution in [0.1, 0.15) is 25.1 Å². The number of hydrogen-bond acceptors (Lipinski definition) is 8. The first-order valence-electron chi connectivity index (χ1n) is 11.3. The van der Waals surface area contributed by atoms with Gasteiger partial charge in [0.25, 0.3) is 11.1 Å². The molecule has 2 aromatic heterocycles. The molecule has 2 saturated heterocycles. The Bertz CT molecular complexity index is 1310. The number of pyridine rings is 1. The summed E-state index contributed by atoms with van der Waals surface area (Å²) < 4.78 is 0. The molecular weight excluding hydrogens is 448 g/mol. The Balaban J connectivity index is 1.46. The van der Waals surface area contributed by atoms with Gasteiger partial charge >= 0.3 is 0 Å². The van der Waals surface area contributed by atoms with Crippen LogP contribution in [0.5, 0.6) is 0 Å². The van der Waals surface area contributed by atoms with Crippen LogP contribution in [-0.4, -0.2) is 63.2 Å². The number of piperazine rings is 1. The van der Waals surface area contributed by atoms with Crippen molar-refractivity contribution in [1.82, 2.24) is 25.2 Å². The number of amides is 2. The third-order valence-corrected chi connectivity index (χ3v) is 7.13. The fraction of sp³-hybridized carbons (Fsp3) is 0.320. The summed E-state index contributed by atoms with van der Waals surface area (Å²) in [6.07, 6.45) is 4.83. The topological polar surface area (TPSA) is 91.3 Å². The van der Waals surface area contributed by atoms with Gasteiger partial charge in [0, 0.05) is 48.9 Å². The van der Waals surface area contributed by atoms with E-state index in [1.807, 2.05) is 6.07 Å². The van der Waals surface area contributed by atoms with Gasteiger partial charge in [0.05, 0.1) is 28.0 Å². The van der Waals surface area contributed by atoms with Crippen LogP contribution >= 0.6 is 11.8 Å². The van der Waals surface area contributed by atoms with Crippen LogP contribution in [0.25, 0.3) is 28.2 Å². The number of fused-ring (bicyclic) bond motifs is 1. The standard InChI is InChI=1S/C25H26N6O2S/c1-15(2)30-6-8-31(9-7-30)21-5-4-17(10-16(21)3)23-19-11-18(26-13-20(19)27-14-28-23)12-22-24(32)29-25(33)34-22/h4-5,10-15H,6-9H2,1-3H3,(H,29,32,33). The second-order valence-electron chi connectivity index (χ2n) is 8.82. The number of thioether (sulfide) groups is 1. The van der Waals surface area contributed by atoms with Crippen molar-refractivity contribution < 1.29 is 9.59 Å². The molecule has 174 valence electrons. The molecule has 2 aliphatic rings. The minimum atomic E-state index is -0.401. The monoisotopic (exact) mass is 474 g/mol. The lowest BCUT2D eigenvalue weighted by atomic mass is 10.0. The highest BCUT2D eigenvalue weighted by molar-refractivity contribution is 8.18. The lowest BCUT2D eigenvalue weighted by molar-refractivity contribution is -0.115.